The van der Waals surface area contributed by atoms with E-state index in [9.17, 15) is 4.39 Å². The van der Waals surface area contributed by atoms with Crippen molar-refractivity contribution in [3.8, 4) is 5.75 Å². The molecule has 21 heavy (non-hydrogen) atoms. The van der Waals surface area contributed by atoms with Crippen molar-refractivity contribution in [2.75, 3.05) is 20.3 Å². The largest absolute Gasteiger partial charge is 0.494 e. The summed E-state index contributed by atoms with van der Waals surface area (Å²) in [5, 5.41) is 3.57. The smallest absolute Gasteiger partial charge is 0.165 e. The monoisotopic (exact) mass is 295 g/mol. The van der Waals surface area contributed by atoms with Crippen LogP contribution in [0.3, 0.4) is 0 Å². The fourth-order valence-electron chi connectivity index (χ4n) is 2.97. The Morgan fingerprint density at radius 3 is 2.86 bits per heavy atom. The Balaban J connectivity index is 2.12. The van der Waals surface area contributed by atoms with Crippen LogP contribution in [-0.4, -0.2) is 31.9 Å². The van der Waals surface area contributed by atoms with E-state index in [1.165, 1.54) is 7.11 Å². The lowest BCUT2D eigenvalue weighted by Gasteiger charge is -2.34. The summed E-state index contributed by atoms with van der Waals surface area (Å²) >= 11 is 0. The highest BCUT2D eigenvalue weighted by atomic mass is 19.1. The molecule has 0 amide bonds. The van der Waals surface area contributed by atoms with E-state index in [0.717, 1.165) is 44.4 Å². The van der Waals surface area contributed by atoms with Gasteiger partial charge >= 0.3 is 0 Å². The van der Waals surface area contributed by atoms with Crippen LogP contribution < -0.4 is 10.1 Å². The molecule has 1 N–H and O–H groups in total. The highest BCUT2D eigenvalue weighted by Gasteiger charge is 2.38. The molecule has 2 atom stereocenters. The Hall–Kier alpha value is -1.13. The number of nitrogens with one attached hydrogen (secondary N) is 1. The molecule has 1 fully saturated rings. The van der Waals surface area contributed by atoms with Gasteiger partial charge in [0.2, 0.25) is 0 Å². The maximum absolute atomic E-state index is 13.8. The molecule has 1 aliphatic heterocycles. The normalized spacial score (nSPS) is 23.2. The molecule has 1 heterocycles. The quantitative estimate of drug-likeness (QED) is 0.837. The molecule has 118 valence electrons. The number of benzene rings is 1. The van der Waals surface area contributed by atoms with Gasteiger partial charge < -0.3 is 14.8 Å². The van der Waals surface area contributed by atoms with Crippen molar-refractivity contribution in [1.82, 2.24) is 5.32 Å². The summed E-state index contributed by atoms with van der Waals surface area (Å²) in [6, 6.07) is 5.39. The van der Waals surface area contributed by atoms with E-state index in [-0.39, 0.29) is 17.5 Å². The Morgan fingerprint density at radius 1 is 1.48 bits per heavy atom. The van der Waals surface area contributed by atoms with Crippen LogP contribution in [0.25, 0.3) is 0 Å². The lowest BCUT2D eigenvalue weighted by atomic mass is 9.88. The van der Waals surface area contributed by atoms with Gasteiger partial charge in [0.1, 0.15) is 0 Å². The average molecular weight is 295 g/mol. The second kappa shape index (κ2) is 7.23. The van der Waals surface area contributed by atoms with Gasteiger partial charge in [0.05, 0.1) is 12.7 Å². The van der Waals surface area contributed by atoms with Crippen LogP contribution in [0.1, 0.15) is 38.7 Å². The van der Waals surface area contributed by atoms with Gasteiger partial charge in [-0.2, -0.15) is 0 Å². The molecule has 1 aromatic rings. The van der Waals surface area contributed by atoms with Gasteiger partial charge in [-0.15, -0.1) is 0 Å². The Kier molecular flexibility index (Phi) is 5.59. The summed E-state index contributed by atoms with van der Waals surface area (Å²) in [6.07, 6.45) is 3.98. The average Bonchev–Trinajstić information content (AvgIpc) is 2.91. The molecule has 0 saturated carbocycles. The number of rotatable bonds is 7. The number of methoxy groups -OCH3 is 1. The zero-order chi connectivity index (χ0) is 15.3. The van der Waals surface area contributed by atoms with Crippen molar-refractivity contribution in [1.29, 1.82) is 0 Å². The summed E-state index contributed by atoms with van der Waals surface area (Å²) < 4.78 is 24.8. The third-order valence-corrected chi connectivity index (χ3v) is 4.28. The topological polar surface area (TPSA) is 30.5 Å². The molecular weight excluding hydrogens is 269 g/mol. The molecule has 1 aliphatic rings. The molecule has 0 aromatic heterocycles. The number of hydrogen-bond donors (Lipinski definition) is 1. The predicted octanol–water partition coefficient (Wildman–Crippen LogP) is 3.31. The Morgan fingerprint density at radius 2 is 2.29 bits per heavy atom. The van der Waals surface area contributed by atoms with E-state index in [0.29, 0.717) is 5.75 Å². The molecule has 0 radical (unpaired) electrons. The van der Waals surface area contributed by atoms with Gasteiger partial charge in [-0.3, -0.25) is 0 Å². The van der Waals surface area contributed by atoms with Crippen molar-refractivity contribution in [3.63, 3.8) is 0 Å². The van der Waals surface area contributed by atoms with Crippen LogP contribution in [0.5, 0.6) is 5.75 Å². The van der Waals surface area contributed by atoms with Crippen LogP contribution in [-0.2, 0) is 11.2 Å². The summed E-state index contributed by atoms with van der Waals surface area (Å²) in [5.41, 5.74) is 0.810. The Bertz CT molecular complexity index is 458. The van der Waals surface area contributed by atoms with Crippen LogP contribution in [0, 0.1) is 5.82 Å². The second-order valence-electron chi connectivity index (χ2n) is 5.94. The van der Waals surface area contributed by atoms with Crippen LogP contribution in [0.4, 0.5) is 4.39 Å². The highest BCUT2D eigenvalue weighted by molar-refractivity contribution is 5.30. The first-order valence-electron chi connectivity index (χ1n) is 7.79. The van der Waals surface area contributed by atoms with Crippen LogP contribution >= 0.6 is 0 Å². The lowest BCUT2D eigenvalue weighted by Crippen LogP contribution is -2.50. The van der Waals surface area contributed by atoms with Gasteiger partial charge in [0.25, 0.3) is 0 Å². The third-order valence-electron chi connectivity index (χ3n) is 4.28. The standard InChI is InChI=1S/C17H26FNO2/c1-4-9-19-16(17(2)8-5-10-21-17)12-13-6-7-15(20-3)14(18)11-13/h6-7,11,16,19H,4-5,8-10,12H2,1-3H3. The minimum absolute atomic E-state index is 0.161. The van der Waals surface area contributed by atoms with Crippen molar-refractivity contribution >= 4 is 0 Å². The molecule has 4 heteroatoms. The van der Waals surface area contributed by atoms with Crippen molar-refractivity contribution in [2.24, 2.45) is 0 Å². The molecule has 0 aliphatic carbocycles. The number of hydrogen-bond acceptors (Lipinski definition) is 3. The molecule has 2 unspecified atom stereocenters. The first-order valence-corrected chi connectivity index (χ1v) is 7.79. The summed E-state index contributed by atoms with van der Waals surface area (Å²) in [7, 11) is 1.48. The van der Waals surface area contributed by atoms with E-state index >= 15 is 0 Å². The summed E-state index contributed by atoms with van der Waals surface area (Å²) in [4.78, 5) is 0. The van der Waals surface area contributed by atoms with Crippen LogP contribution in [0.15, 0.2) is 18.2 Å². The summed E-state index contributed by atoms with van der Waals surface area (Å²) in [6.45, 7) is 6.07. The highest BCUT2D eigenvalue weighted by Crippen LogP contribution is 2.31. The maximum Gasteiger partial charge on any atom is 0.165 e. The van der Waals surface area contributed by atoms with Gasteiger partial charge in [-0.1, -0.05) is 13.0 Å². The maximum atomic E-state index is 13.8. The van der Waals surface area contributed by atoms with Gasteiger partial charge in [0, 0.05) is 12.6 Å². The second-order valence-corrected chi connectivity index (χ2v) is 5.94. The first-order chi connectivity index (χ1) is 10.1. The first kappa shape index (κ1) is 16.2. The van der Waals surface area contributed by atoms with Crippen molar-refractivity contribution < 1.29 is 13.9 Å². The molecule has 2 rings (SSSR count). The van der Waals surface area contributed by atoms with Gasteiger partial charge in [-0.05, 0) is 56.8 Å². The third kappa shape index (κ3) is 3.95. The molecule has 3 nitrogen and oxygen atoms in total. The van der Waals surface area contributed by atoms with Crippen LogP contribution in [0.2, 0.25) is 0 Å². The zero-order valence-corrected chi connectivity index (χ0v) is 13.2. The van der Waals surface area contributed by atoms with E-state index in [1.807, 2.05) is 6.07 Å². The SMILES string of the molecule is CCCNC(Cc1ccc(OC)c(F)c1)C1(C)CCCO1. The van der Waals surface area contributed by atoms with Gasteiger partial charge in [-0.25, -0.2) is 4.39 Å². The minimum Gasteiger partial charge on any atom is -0.494 e. The van der Waals surface area contributed by atoms with Crippen molar-refractivity contribution in [2.45, 2.75) is 51.2 Å². The van der Waals surface area contributed by atoms with E-state index in [1.54, 1.807) is 12.1 Å². The molecule has 1 saturated heterocycles. The van der Waals surface area contributed by atoms with Crippen molar-refractivity contribution in [3.05, 3.63) is 29.6 Å². The molecule has 1 aromatic carbocycles. The van der Waals surface area contributed by atoms with E-state index in [4.69, 9.17) is 9.47 Å². The number of ether oxygens (including phenoxy) is 2. The minimum atomic E-state index is -0.304. The summed E-state index contributed by atoms with van der Waals surface area (Å²) in [5.74, 6) is -0.0121. The van der Waals surface area contributed by atoms with Gasteiger partial charge in [0.15, 0.2) is 11.6 Å². The fraction of sp³-hybridized carbons (Fsp3) is 0.647. The number of halogens is 1. The Labute approximate surface area is 126 Å². The van der Waals surface area contributed by atoms with E-state index < -0.39 is 0 Å². The van der Waals surface area contributed by atoms with E-state index in [2.05, 4.69) is 19.2 Å². The predicted molar refractivity (Wildman–Crippen MR) is 82.3 cm³/mol. The lowest BCUT2D eigenvalue weighted by molar-refractivity contribution is -0.0114. The molecule has 0 spiro atoms. The molecule has 0 bridgehead atoms. The zero-order valence-electron chi connectivity index (χ0n) is 13.2. The fourth-order valence-corrected chi connectivity index (χ4v) is 2.97. The molecular formula is C17H26FNO2.